The molecule has 5 heteroatoms. The number of nitrogens with zero attached hydrogens (tertiary/aromatic N) is 1. The largest absolute Gasteiger partial charge is 0.503 e. The predicted octanol–water partition coefficient (Wildman–Crippen LogP) is 4.16. The van der Waals surface area contributed by atoms with Gasteiger partial charge in [0.15, 0.2) is 0 Å². The van der Waals surface area contributed by atoms with Crippen LogP contribution < -0.4 is 0 Å². The first-order chi connectivity index (χ1) is 7.10. The monoisotopic (exact) mass is 261 g/mol. The van der Waals surface area contributed by atoms with Crippen molar-refractivity contribution in [2.24, 2.45) is 0 Å². The highest BCUT2D eigenvalue weighted by molar-refractivity contribution is 6.44. The second-order valence-corrected chi connectivity index (χ2v) is 3.85. The van der Waals surface area contributed by atoms with Gasteiger partial charge in [0.2, 0.25) is 0 Å². The highest BCUT2D eigenvalue weighted by Crippen LogP contribution is 2.33. The van der Waals surface area contributed by atoms with Crippen LogP contribution in [0.2, 0.25) is 15.1 Å². The number of allylic oxidation sites excluding steroid dienone is 1. The van der Waals surface area contributed by atoms with Crippen LogP contribution in [0.5, 0.6) is 0 Å². The molecule has 0 N–H and O–H groups in total. The summed E-state index contributed by atoms with van der Waals surface area (Å²) in [6, 6.07) is 5.02. The molecular weight excluding hydrogens is 256 g/mol. The summed E-state index contributed by atoms with van der Waals surface area (Å²) in [6.45, 7) is 0. The van der Waals surface area contributed by atoms with Crippen LogP contribution in [-0.2, 0) is 4.74 Å². The van der Waals surface area contributed by atoms with Crippen molar-refractivity contribution in [3.63, 3.8) is 0 Å². The van der Waals surface area contributed by atoms with Gasteiger partial charge in [-0.3, -0.25) is 0 Å². The second kappa shape index (κ2) is 5.27. The lowest BCUT2D eigenvalue weighted by Crippen LogP contribution is -1.86. The Labute approximate surface area is 103 Å². The quantitative estimate of drug-likeness (QED) is 0.455. The first kappa shape index (κ1) is 12.2. The SMILES string of the molecule is COC=C(C#N)c1cc(Cl)cc(Cl)c1Cl. The van der Waals surface area contributed by atoms with Gasteiger partial charge in [-0.05, 0) is 12.1 Å². The Balaban J connectivity index is 3.37. The molecule has 0 spiro atoms. The lowest BCUT2D eigenvalue weighted by Gasteiger charge is -2.05. The number of nitriles is 1. The van der Waals surface area contributed by atoms with Crippen LogP contribution in [0.4, 0.5) is 0 Å². The molecule has 15 heavy (non-hydrogen) atoms. The Morgan fingerprint density at radius 3 is 2.60 bits per heavy atom. The Morgan fingerprint density at radius 2 is 2.07 bits per heavy atom. The third-order valence-electron chi connectivity index (χ3n) is 1.64. The van der Waals surface area contributed by atoms with Crippen molar-refractivity contribution in [3.8, 4) is 6.07 Å². The zero-order valence-electron chi connectivity index (χ0n) is 7.72. The van der Waals surface area contributed by atoms with Crippen molar-refractivity contribution in [3.05, 3.63) is 39.0 Å². The second-order valence-electron chi connectivity index (χ2n) is 2.63. The Kier molecular flexibility index (Phi) is 4.28. The molecule has 0 bridgehead atoms. The number of rotatable bonds is 2. The van der Waals surface area contributed by atoms with Crippen molar-refractivity contribution in [1.29, 1.82) is 5.26 Å². The topological polar surface area (TPSA) is 33.0 Å². The molecule has 0 saturated heterocycles. The molecule has 0 aliphatic rings. The van der Waals surface area contributed by atoms with Crippen LogP contribution in [0.1, 0.15) is 5.56 Å². The smallest absolute Gasteiger partial charge is 0.103 e. The van der Waals surface area contributed by atoms with Gasteiger partial charge in [0.25, 0.3) is 0 Å². The van der Waals surface area contributed by atoms with Crippen molar-refractivity contribution in [2.75, 3.05) is 7.11 Å². The fourth-order valence-electron chi connectivity index (χ4n) is 1.02. The molecule has 78 valence electrons. The summed E-state index contributed by atoms with van der Waals surface area (Å²) in [5.74, 6) is 0. The molecular formula is C10H6Cl3NO. The summed E-state index contributed by atoms with van der Waals surface area (Å²) in [4.78, 5) is 0. The molecule has 0 heterocycles. The van der Waals surface area contributed by atoms with Crippen LogP contribution in [0.25, 0.3) is 5.57 Å². The van der Waals surface area contributed by atoms with E-state index in [-0.39, 0.29) is 10.6 Å². The van der Waals surface area contributed by atoms with E-state index in [0.717, 1.165) is 0 Å². The van der Waals surface area contributed by atoms with Gasteiger partial charge in [0.05, 0.1) is 22.7 Å². The zero-order valence-corrected chi connectivity index (χ0v) is 9.99. The maximum Gasteiger partial charge on any atom is 0.103 e. The fourth-order valence-corrected chi connectivity index (χ4v) is 1.72. The Morgan fingerprint density at radius 1 is 1.40 bits per heavy atom. The first-order valence-electron chi connectivity index (χ1n) is 3.88. The molecule has 0 atom stereocenters. The lowest BCUT2D eigenvalue weighted by molar-refractivity contribution is 0.340. The molecule has 0 aliphatic heterocycles. The molecule has 2 nitrogen and oxygen atoms in total. The van der Waals surface area contributed by atoms with Gasteiger partial charge in [0.1, 0.15) is 12.3 Å². The van der Waals surface area contributed by atoms with Gasteiger partial charge in [-0.2, -0.15) is 5.26 Å². The maximum atomic E-state index is 8.87. The summed E-state index contributed by atoms with van der Waals surface area (Å²) in [5, 5.41) is 9.87. The van der Waals surface area contributed by atoms with E-state index >= 15 is 0 Å². The zero-order chi connectivity index (χ0) is 11.4. The van der Waals surface area contributed by atoms with E-state index in [0.29, 0.717) is 15.6 Å². The number of hydrogen-bond acceptors (Lipinski definition) is 2. The van der Waals surface area contributed by atoms with Crippen LogP contribution in [-0.4, -0.2) is 7.11 Å². The summed E-state index contributed by atoms with van der Waals surface area (Å²) in [5.41, 5.74) is 0.727. The number of halogens is 3. The van der Waals surface area contributed by atoms with Gasteiger partial charge in [-0.1, -0.05) is 34.8 Å². The highest BCUT2D eigenvalue weighted by atomic mass is 35.5. The molecule has 1 aromatic carbocycles. The van der Waals surface area contributed by atoms with E-state index in [1.165, 1.54) is 19.4 Å². The van der Waals surface area contributed by atoms with E-state index in [1.54, 1.807) is 6.07 Å². The van der Waals surface area contributed by atoms with Gasteiger partial charge in [-0.15, -0.1) is 0 Å². The molecule has 0 unspecified atom stereocenters. The van der Waals surface area contributed by atoms with Crippen molar-refractivity contribution in [1.82, 2.24) is 0 Å². The van der Waals surface area contributed by atoms with Crippen molar-refractivity contribution >= 4 is 40.4 Å². The summed E-state index contributed by atoms with van der Waals surface area (Å²) >= 11 is 17.6. The average Bonchev–Trinajstić information content (AvgIpc) is 2.20. The van der Waals surface area contributed by atoms with Crippen LogP contribution in [0.15, 0.2) is 18.4 Å². The predicted molar refractivity (Wildman–Crippen MR) is 62.1 cm³/mol. The molecule has 0 fully saturated rings. The van der Waals surface area contributed by atoms with Gasteiger partial charge < -0.3 is 4.74 Å². The minimum Gasteiger partial charge on any atom is -0.503 e. The highest BCUT2D eigenvalue weighted by Gasteiger charge is 2.11. The third kappa shape index (κ3) is 2.79. The van der Waals surface area contributed by atoms with E-state index in [9.17, 15) is 0 Å². The summed E-state index contributed by atoms with van der Waals surface area (Å²) < 4.78 is 4.75. The van der Waals surface area contributed by atoms with E-state index < -0.39 is 0 Å². The van der Waals surface area contributed by atoms with Crippen LogP contribution in [0, 0.1) is 11.3 Å². The van der Waals surface area contributed by atoms with Crippen molar-refractivity contribution < 1.29 is 4.74 Å². The molecule has 0 radical (unpaired) electrons. The van der Waals surface area contributed by atoms with Gasteiger partial charge >= 0.3 is 0 Å². The fraction of sp³-hybridized carbons (Fsp3) is 0.100. The molecule has 1 aromatic rings. The number of benzene rings is 1. The lowest BCUT2D eigenvalue weighted by atomic mass is 10.1. The molecule has 0 saturated carbocycles. The minimum atomic E-state index is 0.270. The van der Waals surface area contributed by atoms with E-state index in [4.69, 9.17) is 44.8 Å². The Bertz CT molecular complexity index is 449. The van der Waals surface area contributed by atoms with Crippen LogP contribution >= 0.6 is 34.8 Å². The van der Waals surface area contributed by atoms with Gasteiger partial charge in [-0.25, -0.2) is 0 Å². The third-order valence-corrected chi connectivity index (χ3v) is 2.66. The minimum absolute atomic E-state index is 0.270. The van der Waals surface area contributed by atoms with E-state index in [2.05, 4.69) is 0 Å². The Hall–Kier alpha value is -0.880. The number of hydrogen-bond donors (Lipinski definition) is 0. The molecule has 1 rings (SSSR count). The molecule has 0 aromatic heterocycles. The standard InChI is InChI=1S/C10H6Cl3NO/c1-15-5-6(4-14)8-2-7(11)3-9(12)10(8)13/h2-3,5H,1H3. The van der Waals surface area contributed by atoms with Crippen molar-refractivity contribution in [2.45, 2.75) is 0 Å². The molecule has 0 aliphatic carbocycles. The maximum absolute atomic E-state index is 8.87. The number of ether oxygens (including phenoxy) is 1. The molecule has 0 amide bonds. The summed E-state index contributed by atoms with van der Waals surface area (Å²) in [6.07, 6.45) is 1.29. The van der Waals surface area contributed by atoms with E-state index in [1.807, 2.05) is 6.07 Å². The average molecular weight is 263 g/mol. The normalized spacial score (nSPS) is 11.0. The van der Waals surface area contributed by atoms with Gasteiger partial charge in [0, 0.05) is 10.6 Å². The summed E-state index contributed by atoms with van der Waals surface area (Å²) in [7, 11) is 1.44. The first-order valence-corrected chi connectivity index (χ1v) is 5.01. The van der Waals surface area contributed by atoms with Crippen LogP contribution in [0.3, 0.4) is 0 Å². The number of methoxy groups -OCH3 is 1.